The van der Waals surface area contributed by atoms with E-state index in [1.807, 2.05) is 31.2 Å². The zero-order chi connectivity index (χ0) is 20.1. The number of nitrogens with zero attached hydrogens (tertiary/aromatic N) is 1. The number of amides is 2. The minimum Gasteiger partial charge on any atom is -0.508 e. The summed E-state index contributed by atoms with van der Waals surface area (Å²) in [6, 6.07) is 13.6. The summed E-state index contributed by atoms with van der Waals surface area (Å²) in [5.74, 6) is 0.0941. The van der Waals surface area contributed by atoms with Crippen molar-refractivity contribution in [3.05, 3.63) is 59.0 Å². The summed E-state index contributed by atoms with van der Waals surface area (Å²) >= 11 is 6.42. The van der Waals surface area contributed by atoms with Gasteiger partial charge in [-0.25, -0.2) is 0 Å². The Balaban J connectivity index is 1.66. The van der Waals surface area contributed by atoms with Crippen LogP contribution in [0.3, 0.4) is 0 Å². The first kappa shape index (κ1) is 19.9. The molecule has 0 aromatic heterocycles. The van der Waals surface area contributed by atoms with E-state index in [4.69, 9.17) is 17.0 Å². The van der Waals surface area contributed by atoms with E-state index in [2.05, 4.69) is 5.32 Å². The van der Waals surface area contributed by atoms with Crippen molar-refractivity contribution in [2.75, 3.05) is 18.5 Å². The Morgan fingerprint density at radius 3 is 2.71 bits per heavy atom. The molecule has 8 heteroatoms. The van der Waals surface area contributed by atoms with Gasteiger partial charge in [0.1, 0.15) is 22.4 Å². The maximum absolute atomic E-state index is 12.6. The van der Waals surface area contributed by atoms with Crippen LogP contribution in [0.15, 0.2) is 53.4 Å². The molecule has 2 amide bonds. The molecule has 0 saturated carbocycles. The molecule has 2 N–H and O–H groups in total. The van der Waals surface area contributed by atoms with Gasteiger partial charge in [-0.1, -0.05) is 42.2 Å². The van der Waals surface area contributed by atoms with E-state index in [0.717, 1.165) is 23.1 Å². The third-order valence-corrected chi connectivity index (χ3v) is 5.17. The van der Waals surface area contributed by atoms with E-state index in [-0.39, 0.29) is 18.2 Å². The van der Waals surface area contributed by atoms with E-state index >= 15 is 0 Å². The predicted molar refractivity (Wildman–Crippen MR) is 114 cm³/mol. The molecule has 1 aliphatic rings. The second kappa shape index (κ2) is 8.90. The third kappa shape index (κ3) is 4.90. The topological polar surface area (TPSA) is 78.9 Å². The lowest BCUT2D eigenvalue weighted by Crippen LogP contribution is -2.36. The normalized spacial score (nSPS) is 15.2. The summed E-state index contributed by atoms with van der Waals surface area (Å²) in [5, 5.41) is 12.1. The van der Waals surface area contributed by atoms with Crippen molar-refractivity contribution in [1.29, 1.82) is 0 Å². The largest absolute Gasteiger partial charge is 0.508 e. The second-order valence-corrected chi connectivity index (χ2v) is 7.54. The van der Waals surface area contributed by atoms with Crippen LogP contribution in [0.5, 0.6) is 11.5 Å². The number of aromatic hydroxyl groups is 1. The summed E-state index contributed by atoms with van der Waals surface area (Å²) in [5.41, 5.74) is 1.29. The maximum atomic E-state index is 12.6. The van der Waals surface area contributed by atoms with E-state index in [0.29, 0.717) is 21.5 Å². The fourth-order valence-electron chi connectivity index (χ4n) is 2.54. The monoisotopic (exact) mass is 414 g/mol. The van der Waals surface area contributed by atoms with Crippen LogP contribution in [0.25, 0.3) is 6.08 Å². The summed E-state index contributed by atoms with van der Waals surface area (Å²) in [6.45, 7) is 2.31. The number of ether oxygens (including phenoxy) is 1. The number of phenols is 1. The predicted octanol–water partition coefficient (Wildman–Crippen LogP) is 3.63. The van der Waals surface area contributed by atoms with Gasteiger partial charge < -0.3 is 15.2 Å². The molecule has 0 spiro atoms. The molecule has 2 aromatic carbocycles. The lowest BCUT2D eigenvalue weighted by Gasteiger charge is -2.14. The van der Waals surface area contributed by atoms with Gasteiger partial charge in [-0.05, 0) is 42.8 Å². The summed E-state index contributed by atoms with van der Waals surface area (Å²) < 4.78 is 5.73. The number of nitrogens with one attached hydrogen (secondary N) is 1. The second-order valence-electron chi connectivity index (χ2n) is 5.87. The van der Waals surface area contributed by atoms with Gasteiger partial charge in [-0.3, -0.25) is 14.5 Å². The SMILES string of the molecule is CCOc1ccc(/C=C2\SC(=S)N(CC(=O)Nc3cccc(O)c3)C2=O)cc1. The number of thiocarbonyl (C=S) groups is 1. The minimum absolute atomic E-state index is 0.0432. The van der Waals surface area contributed by atoms with Crippen LogP contribution in [0, 0.1) is 0 Å². The number of carbonyl (C=O) groups excluding carboxylic acids is 2. The van der Waals surface area contributed by atoms with Crippen molar-refractivity contribution in [2.45, 2.75) is 6.92 Å². The lowest BCUT2D eigenvalue weighted by atomic mass is 10.2. The lowest BCUT2D eigenvalue weighted by molar-refractivity contribution is -0.126. The first-order valence-corrected chi connectivity index (χ1v) is 9.76. The summed E-state index contributed by atoms with van der Waals surface area (Å²) in [4.78, 5) is 26.6. The molecule has 28 heavy (non-hydrogen) atoms. The van der Waals surface area contributed by atoms with Gasteiger partial charge in [-0.2, -0.15) is 0 Å². The first-order chi connectivity index (χ1) is 13.5. The van der Waals surface area contributed by atoms with Crippen LogP contribution >= 0.6 is 24.0 Å². The standard InChI is InChI=1S/C20H18N2O4S2/c1-2-26-16-8-6-13(7-9-16)10-17-19(25)22(20(27)28-17)12-18(24)21-14-4-3-5-15(23)11-14/h3-11,23H,2,12H2,1H3,(H,21,24)/b17-10-. The molecule has 3 rings (SSSR count). The van der Waals surface area contributed by atoms with Crippen molar-refractivity contribution in [3.8, 4) is 11.5 Å². The number of carbonyl (C=O) groups is 2. The number of hydrogen-bond acceptors (Lipinski definition) is 6. The van der Waals surface area contributed by atoms with Gasteiger partial charge in [0.15, 0.2) is 0 Å². The maximum Gasteiger partial charge on any atom is 0.266 e. The Labute approximate surface area is 172 Å². The van der Waals surface area contributed by atoms with Crippen LogP contribution in [0.1, 0.15) is 12.5 Å². The molecule has 1 saturated heterocycles. The van der Waals surface area contributed by atoms with E-state index in [1.165, 1.54) is 17.0 Å². The highest BCUT2D eigenvalue weighted by molar-refractivity contribution is 8.26. The Morgan fingerprint density at radius 1 is 1.29 bits per heavy atom. The highest BCUT2D eigenvalue weighted by Crippen LogP contribution is 2.32. The third-order valence-electron chi connectivity index (χ3n) is 3.79. The van der Waals surface area contributed by atoms with Crippen molar-refractivity contribution < 1.29 is 19.4 Å². The number of benzene rings is 2. The Morgan fingerprint density at radius 2 is 2.04 bits per heavy atom. The van der Waals surface area contributed by atoms with Crippen LogP contribution in [-0.4, -0.2) is 39.3 Å². The van der Waals surface area contributed by atoms with Gasteiger partial charge in [-0.15, -0.1) is 0 Å². The summed E-state index contributed by atoms with van der Waals surface area (Å²) in [7, 11) is 0. The van der Waals surface area contributed by atoms with Crippen molar-refractivity contribution >= 4 is 51.9 Å². The van der Waals surface area contributed by atoms with E-state index in [9.17, 15) is 14.7 Å². The molecule has 0 bridgehead atoms. The number of hydrogen-bond donors (Lipinski definition) is 2. The van der Waals surface area contributed by atoms with E-state index < -0.39 is 5.91 Å². The first-order valence-electron chi connectivity index (χ1n) is 8.53. The molecule has 144 valence electrons. The van der Waals surface area contributed by atoms with Crippen molar-refractivity contribution in [3.63, 3.8) is 0 Å². The van der Waals surface area contributed by atoms with Gasteiger partial charge in [0.25, 0.3) is 5.91 Å². The minimum atomic E-state index is -0.399. The van der Waals surface area contributed by atoms with Crippen LogP contribution in [0.4, 0.5) is 5.69 Å². The Kier molecular flexibility index (Phi) is 6.33. The van der Waals surface area contributed by atoms with Crippen LogP contribution < -0.4 is 10.1 Å². The molecule has 0 unspecified atom stereocenters. The average Bonchev–Trinajstić information content (AvgIpc) is 2.91. The fourth-order valence-corrected chi connectivity index (χ4v) is 3.80. The van der Waals surface area contributed by atoms with Gasteiger partial charge in [0, 0.05) is 11.8 Å². The average molecular weight is 415 g/mol. The fraction of sp³-hybridized carbons (Fsp3) is 0.150. The van der Waals surface area contributed by atoms with Gasteiger partial charge in [0.05, 0.1) is 11.5 Å². The molecule has 1 aliphatic heterocycles. The molecular weight excluding hydrogens is 396 g/mol. The highest BCUT2D eigenvalue weighted by atomic mass is 32.2. The zero-order valence-electron chi connectivity index (χ0n) is 15.0. The Hall–Kier alpha value is -2.84. The molecule has 6 nitrogen and oxygen atoms in total. The molecule has 0 radical (unpaired) electrons. The van der Waals surface area contributed by atoms with Gasteiger partial charge in [0.2, 0.25) is 5.91 Å². The number of thioether (sulfide) groups is 1. The van der Waals surface area contributed by atoms with Crippen LogP contribution in [-0.2, 0) is 9.59 Å². The van der Waals surface area contributed by atoms with Gasteiger partial charge >= 0.3 is 0 Å². The number of phenolic OH excluding ortho intramolecular Hbond substituents is 1. The molecule has 0 atom stereocenters. The molecule has 2 aromatic rings. The summed E-state index contributed by atoms with van der Waals surface area (Å²) in [6.07, 6.45) is 1.74. The highest BCUT2D eigenvalue weighted by Gasteiger charge is 2.33. The number of rotatable bonds is 6. The smallest absolute Gasteiger partial charge is 0.266 e. The van der Waals surface area contributed by atoms with E-state index in [1.54, 1.807) is 18.2 Å². The van der Waals surface area contributed by atoms with Crippen LogP contribution in [0.2, 0.25) is 0 Å². The molecular formula is C20H18N2O4S2. The Bertz CT molecular complexity index is 941. The quantitative estimate of drug-likeness (QED) is 0.555. The molecule has 1 fully saturated rings. The van der Waals surface area contributed by atoms with Crippen molar-refractivity contribution in [2.24, 2.45) is 0 Å². The number of anilines is 1. The molecule has 0 aliphatic carbocycles. The zero-order valence-corrected chi connectivity index (χ0v) is 16.7. The molecule has 1 heterocycles. The van der Waals surface area contributed by atoms with Crippen molar-refractivity contribution in [1.82, 2.24) is 4.90 Å².